The first-order valence-electron chi connectivity index (χ1n) is 9.45. The first-order chi connectivity index (χ1) is 13.9. The van der Waals surface area contributed by atoms with E-state index >= 15 is 0 Å². The Balaban J connectivity index is 1.36. The zero-order valence-corrected chi connectivity index (χ0v) is 16.1. The lowest BCUT2D eigenvalue weighted by molar-refractivity contribution is -0.131. The molecule has 1 aliphatic rings. The van der Waals surface area contributed by atoms with Crippen LogP contribution in [0.5, 0.6) is 0 Å². The average Bonchev–Trinajstić information content (AvgIpc) is 3.35. The van der Waals surface area contributed by atoms with E-state index in [4.69, 9.17) is 10.2 Å². The van der Waals surface area contributed by atoms with Gasteiger partial charge in [0.2, 0.25) is 5.91 Å². The lowest BCUT2D eigenvalue weighted by Crippen LogP contribution is -2.50. The minimum atomic E-state index is -0.716. The first-order valence-corrected chi connectivity index (χ1v) is 9.45. The number of carbonyl (C=O) groups is 3. The third kappa shape index (κ3) is 3.73. The van der Waals surface area contributed by atoms with Crippen LogP contribution in [-0.2, 0) is 11.2 Å². The van der Waals surface area contributed by atoms with Crippen LogP contribution in [0.1, 0.15) is 32.2 Å². The number of rotatable bonds is 4. The van der Waals surface area contributed by atoms with Crippen LogP contribution >= 0.6 is 0 Å². The molecule has 1 aliphatic heterocycles. The standard InChI is InChI=1S/C21H22N4O4/c1-13-2-3-15-14(12-23-16(15)10-13)11-19(26)24-6-8-25(9-7-24)21(28)18-5-4-17(29-18)20(22)27/h2-5,10,12,23H,6-9,11H2,1H3,(H2,22,27). The number of aryl methyl sites for hydroxylation is 1. The second kappa shape index (κ2) is 7.46. The lowest BCUT2D eigenvalue weighted by Gasteiger charge is -2.34. The van der Waals surface area contributed by atoms with E-state index in [2.05, 4.69) is 11.1 Å². The van der Waals surface area contributed by atoms with Gasteiger partial charge in [-0.15, -0.1) is 0 Å². The van der Waals surface area contributed by atoms with Crippen molar-refractivity contribution in [2.75, 3.05) is 26.2 Å². The SMILES string of the molecule is Cc1ccc2c(CC(=O)N3CCN(C(=O)c4ccc(C(N)=O)o4)CC3)c[nH]c2c1. The van der Waals surface area contributed by atoms with Crippen molar-refractivity contribution in [1.29, 1.82) is 0 Å². The van der Waals surface area contributed by atoms with E-state index in [0.717, 1.165) is 22.0 Å². The molecule has 0 spiro atoms. The van der Waals surface area contributed by atoms with Gasteiger partial charge >= 0.3 is 0 Å². The molecule has 2 aromatic heterocycles. The number of hydrogen-bond donors (Lipinski definition) is 2. The third-order valence-corrected chi connectivity index (χ3v) is 5.24. The highest BCUT2D eigenvalue weighted by Crippen LogP contribution is 2.21. The smallest absolute Gasteiger partial charge is 0.289 e. The molecule has 1 fully saturated rings. The fraction of sp³-hybridized carbons (Fsp3) is 0.286. The molecule has 3 amide bonds. The molecule has 3 N–H and O–H groups in total. The number of piperazine rings is 1. The summed E-state index contributed by atoms with van der Waals surface area (Å²) in [6.45, 7) is 3.75. The summed E-state index contributed by atoms with van der Waals surface area (Å²) in [5.41, 5.74) is 8.31. The van der Waals surface area contributed by atoms with Crippen LogP contribution in [0.3, 0.4) is 0 Å². The van der Waals surface area contributed by atoms with Crippen molar-refractivity contribution in [3.63, 3.8) is 0 Å². The molecule has 3 heterocycles. The van der Waals surface area contributed by atoms with Gasteiger partial charge in [-0.25, -0.2) is 0 Å². The highest BCUT2D eigenvalue weighted by Gasteiger charge is 2.27. The Morgan fingerprint density at radius 2 is 1.72 bits per heavy atom. The van der Waals surface area contributed by atoms with Crippen molar-refractivity contribution >= 4 is 28.6 Å². The number of hydrogen-bond acceptors (Lipinski definition) is 4. The monoisotopic (exact) mass is 394 g/mol. The Kier molecular flexibility index (Phi) is 4.84. The maximum absolute atomic E-state index is 12.7. The molecular formula is C21H22N4O4. The number of carbonyl (C=O) groups excluding carboxylic acids is 3. The Labute approximate surface area is 167 Å². The number of nitrogens with zero attached hydrogens (tertiary/aromatic N) is 2. The molecule has 4 rings (SSSR count). The van der Waals surface area contributed by atoms with Crippen LogP contribution in [0.2, 0.25) is 0 Å². The van der Waals surface area contributed by atoms with Gasteiger partial charge in [0.25, 0.3) is 11.8 Å². The highest BCUT2D eigenvalue weighted by molar-refractivity contribution is 5.95. The largest absolute Gasteiger partial charge is 0.446 e. The van der Waals surface area contributed by atoms with Crippen LogP contribution in [0.25, 0.3) is 10.9 Å². The minimum absolute atomic E-state index is 0.0348. The molecule has 8 nitrogen and oxygen atoms in total. The highest BCUT2D eigenvalue weighted by atomic mass is 16.4. The van der Waals surface area contributed by atoms with Crippen molar-refractivity contribution in [1.82, 2.24) is 14.8 Å². The zero-order chi connectivity index (χ0) is 20.5. The summed E-state index contributed by atoms with van der Waals surface area (Å²) in [6, 6.07) is 8.96. The summed E-state index contributed by atoms with van der Waals surface area (Å²) >= 11 is 0. The number of amides is 3. The molecule has 0 atom stereocenters. The molecule has 1 aromatic carbocycles. The van der Waals surface area contributed by atoms with Crippen molar-refractivity contribution in [3.8, 4) is 0 Å². The fourth-order valence-corrected chi connectivity index (χ4v) is 3.62. The van der Waals surface area contributed by atoms with E-state index in [1.54, 1.807) is 9.80 Å². The van der Waals surface area contributed by atoms with E-state index in [1.807, 2.05) is 25.3 Å². The van der Waals surface area contributed by atoms with Crippen molar-refractivity contribution in [2.45, 2.75) is 13.3 Å². The Bertz CT molecular complexity index is 1090. The van der Waals surface area contributed by atoms with E-state index in [-0.39, 0.29) is 23.3 Å². The summed E-state index contributed by atoms with van der Waals surface area (Å²) in [5.74, 6) is -0.958. The Morgan fingerprint density at radius 3 is 2.41 bits per heavy atom. The van der Waals surface area contributed by atoms with E-state index in [0.29, 0.717) is 32.6 Å². The molecule has 0 aliphatic carbocycles. The van der Waals surface area contributed by atoms with Gasteiger partial charge in [0.05, 0.1) is 6.42 Å². The van der Waals surface area contributed by atoms with Gasteiger partial charge in [0.1, 0.15) is 0 Å². The Morgan fingerprint density at radius 1 is 1.03 bits per heavy atom. The van der Waals surface area contributed by atoms with Gasteiger partial charge in [-0.05, 0) is 36.2 Å². The van der Waals surface area contributed by atoms with Gasteiger partial charge in [0, 0.05) is 43.3 Å². The number of benzene rings is 1. The van der Waals surface area contributed by atoms with Crippen LogP contribution in [0.15, 0.2) is 40.9 Å². The molecule has 0 bridgehead atoms. The molecule has 3 aromatic rings. The van der Waals surface area contributed by atoms with E-state index < -0.39 is 5.91 Å². The second-order valence-electron chi connectivity index (χ2n) is 7.24. The van der Waals surface area contributed by atoms with Crippen molar-refractivity contribution in [3.05, 3.63) is 59.2 Å². The molecule has 0 radical (unpaired) electrons. The van der Waals surface area contributed by atoms with Gasteiger partial charge < -0.3 is 24.9 Å². The van der Waals surface area contributed by atoms with Crippen molar-refractivity contribution < 1.29 is 18.8 Å². The summed E-state index contributed by atoms with van der Waals surface area (Å²) in [5, 5.41) is 1.06. The lowest BCUT2D eigenvalue weighted by atomic mass is 10.1. The molecule has 8 heteroatoms. The number of H-pyrrole nitrogens is 1. The predicted molar refractivity (Wildman–Crippen MR) is 106 cm³/mol. The molecule has 29 heavy (non-hydrogen) atoms. The average molecular weight is 394 g/mol. The first kappa shape index (κ1) is 18.8. The second-order valence-corrected chi connectivity index (χ2v) is 7.24. The van der Waals surface area contributed by atoms with Crippen LogP contribution in [0.4, 0.5) is 0 Å². The topological polar surface area (TPSA) is 113 Å². The quantitative estimate of drug-likeness (QED) is 0.701. The van der Waals surface area contributed by atoms with Gasteiger partial charge in [-0.1, -0.05) is 12.1 Å². The summed E-state index contributed by atoms with van der Waals surface area (Å²) in [4.78, 5) is 43.0. The number of nitrogens with one attached hydrogen (secondary N) is 1. The summed E-state index contributed by atoms with van der Waals surface area (Å²) < 4.78 is 5.20. The summed E-state index contributed by atoms with van der Waals surface area (Å²) in [6.07, 6.45) is 2.20. The number of primary amides is 1. The molecule has 1 saturated heterocycles. The van der Waals surface area contributed by atoms with Gasteiger partial charge in [-0.2, -0.15) is 0 Å². The third-order valence-electron chi connectivity index (χ3n) is 5.24. The maximum Gasteiger partial charge on any atom is 0.289 e. The van der Waals surface area contributed by atoms with E-state index in [1.165, 1.54) is 12.1 Å². The number of fused-ring (bicyclic) bond motifs is 1. The molecule has 150 valence electrons. The molecule has 0 unspecified atom stereocenters. The molecule has 0 saturated carbocycles. The Hall–Kier alpha value is -3.55. The van der Waals surface area contributed by atoms with Crippen LogP contribution < -0.4 is 5.73 Å². The zero-order valence-electron chi connectivity index (χ0n) is 16.1. The molecular weight excluding hydrogens is 372 g/mol. The van der Waals surface area contributed by atoms with Gasteiger partial charge in [-0.3, -0.25) is 14.4 Å². The fourth-order valence-electron chi connectivity index (χ4n) is 3.62. The predicted octanol–water partition coefficient (Wildman–Crippen LogP) is 1.70. The maximum atomic E-state index is 12.7. The van der Waals surface area contributed by atoms with Crippen LogP contribution in [0, 0.1) is 6.92 Å². The van der Waals surface area contributed by atoms with Gasteiger partial charge in [0.15, 0.2) is 11.5 Å². The number of aromatic nitrogens is 1. The van der Waals surface area contributed by atoms with Crippen LogP contribution in [-0.4, -0.2) is 58.7 Å². The normalized spacial score (nSPS) is 14.4. The number of nitrogens with two attached hydrogens (primary N) is 1. The van der Waals surface area contributed by atoms with Crippen molar-refractivity contribution in [2.24, 2.45) is 5.73 Å². The summed E-state index contributed by atoms with van der Waals surface area (Å²) in [7, 11) is 0. The minimum Gasteiger partial charge on any atom is -0.446 e. The van der Waals surface area contributed by atoms with E-state index in [9.17, 15) is 14.4 Å². The number of furan rings is 1. The number of aromatic amines is 1.